The molecule has 18 heavy (non-hydrogen) atoms. The maximum absolute atomic E-state index is 5.79. The van der Waals surface area contributed by atoms with Crippen molar-refractivity contribution >= 4 is 0 Å². The molecule has 1 aliphatic rings. The number of hydrogen-bond acceptors (Lipinski definition) is 3. The summed E-state index contributed by atoms with van der Waals surface area (Å²) in [6.45, 7) is 6.42. The zero-order valence-electron chi connectivity index (χ0n) is 11.5. The van der Waals surface area contributed by atoms with E-state index in [1.807, 2.05) is 7.05 Å². The van der Waals surface area contributed by atoms with Gasteiger partial charge in [0.15, 0.2) is 0 Å². The highest BCUT2D eigenvalue weighted by Gasteiger charge is 2.24. The van der Waals surface area contributed by atoms with Crippen LogP contribution in [-0.2, 0) is 15.9 Å². The summed E-state index contributed by atoms with van der Waals surface area (Å²) in [7, 11) is 1.99. The molecule has 1 aromatic rings. The molecule has 100 valence electrons. The van der Waals surface area contributed by atoms with E-state index in [0.29, 0.717) is 19.3 Å². The minimum atomic E-state index is 0.156. The molecule has 0 aromatic heterocycles. The van der Waals surface area contributed by atoms with Crippen molar-refractivity contribution < 1.29 is 9.47 Å². The molecule has 3 nitrogen and oxygen atoms in total. The highest BCUT2D eigenvalue weighted by atomic mass is 16.6. The van der Waals surface area contributed by atoms with Crippen LogP contribution in [0, 0.1) is 13.8 Å². The van der Waals surface area contributed by atoms with Gasteiger partial charge < -0.3 is 14.8 Å². The molecule has 0 saturated carbocycles. The van der Waals surface area contributed by atoms with Gasteiger partial charge in [0, 0.05) is 6.04 Å². The Labute approximate surface area is 109 Å². The van der Waals surface area contributed by atoms with Crippen molar-refractivity contribution in [2.24, 2.45) is 0 Å². The van der Waals surface area contributed by atoms with Crippen molar-refractivity contribution in [2.45, 2.75) is 32.4 Å². The minimum Gasteiger partial charge on any atom is -0.376 e. The summed E-state index contributed by atoms with van der Waals surface area (Å²) in [5.41, 5.74) is 4.05. The highest BCUT2D eigenvalue weighted by Crippen LogP contribution is 2.16. The molecule has 0 bridgehead atoms. The third kappa shape index (κ3) is 3.31. The lowest BCUT2D eigenvalue weighted by atomic mass is 9.96. The van der Waals surface area contributed by atoms with Crippen molar-refractivity contribution in [3.05, 3.63) is 34.9 Å². The van der Waals surface area contributed by atoms with Gasteiger partial charge in [-0.05, 0) is 38.4 Å². The van der Waals surface area contributed by atoms with Crippen LogP contribution in [0.1, 0.15) is 16.7 Å². The monoisotopic (exact) mass is 249 g/mol. The van der Waals surface area contributed by atoms with Crippen LogP contribution in [0.15, 0.2) is 18.2 Å². The molecule has 0 radical (unpaired) electrons. The van der Waals surface area contributed by atoms with Crippen LogP contribution in [0.25, 0.3) is 0 Å². The van der Waals surface area contributed by atoms with Crippen LogP contribution >= 0.6 is 0 Å². The zero-order valence-corrected chi connectivity index (χ0v) is 11.5. The largest absolute Gasteiger partial charge is 0.376 e. The molecule has 1 heterocycles. The number of aryl methyl sites for hydroxylation is 2. The van der Waals surface area contributed by atoms with Crippen LogP contribution in [0.5, 0.6) is 0 Å². The van der Waals surface area contributed by atoms with Gasteiger partial charge in [-0.15, -0.1) is 0 Å². The van der Waals surface area contributed by atoms with Crippen molar-refractivity contribution in [3.8, 4) is 0 Å². The van der Waals surface area contributed by atoms with Gasteiger partial charge in [-0.2, -0.15) is 0 Å². The Kier molecular flexibility index (Phi) is 4.75. The van der Waals surface area contributed by atoms with Gasteiger partial charge >= 0.3 is 0 Å². The number of rotatable bonds is 4. The van der Waals surface area contributed by atoms with Crippen LogP contribution in [0.2, 0.25) is 0 Å². The summed E-state index contributed by atoms with van der Waals surface area (Å²) in [6, 6.07) is 6.93. The molecule has 1 N–H and O–H groups in total. The molecule has 2 rings (SSSR count). The first-order valence-corrected chi connectivity index (χ1v) is 6.63. The molecule has 1 aliphatic heterocycles. The van der Waals surface area contributed by atoms with Gasteiger partial charge in [0.2, 0.25) is 0 Å². The average Bonchev–Trinajstić information content (AvgIpc) is 2.41. The third-order valence-corrected chi connectivity index (χ3v) is 3.61. The molecule has 2 unspecified atom stereocenters. The Balaban J connectivity index is 2.06. The third-order valence-electron chi connectivity index (χ3n) is 3.61. The fraction of sp³-hybridized carbons (Fsp3) is 0.600. The lowest BCUT2D eigenvalue weighted by molar-refractivity contribution is -0.100. The first kappa shape index (κ1) is 13.5. The molecule has 1 saturated heterocycles. The van der Waals surface area contributed by atoms with E-state index in [0.717, 1.165) is 13.0 Å². The normalized spacial score (nSPS) is 21.8. The van der Waals surface area contributed by atoms with Crippen LogP contribution in [0.4, 0.5) is 0 Å². The molecule has 0 amide bonds. The molecule has 0 spiro atoms. The predicted octanol–water partition coefficient (Wildman–Crippen LogP) is 1.85. The van der Waals surface area contributed by atoms with Crippen molar-refractivity contribution in [2.75, 3.05) is 26.9 Å². The van der Waals surface area contributed by atoms with E-state index in [9.17, 15) is 0 Å². The number of nitrogens with one attached hydrogen (secondary N) is 1. The molecule has 1 fully saturated rings. The number of likely N-dealkylation sites (N-methyl/N-ethyl adjacent to an activating group) is 1. The van der Waals surface area contributed by atoms with Crippen molar-refractivity contribution in [1.29, 1.82) is 0 Å². The van der Waals surface area contributed by atoms with E-state index >= 15 is 0 Å². The minimum absolute atomic E-state index is 0.156. The first-order valence-electron chi connectivity index (χ1n) is 6.63. The summed E-state index contributed by atoms with van der Waals surface area (Å²) >= 11 is 0. The van der Waals surface area contributed by atoms with E-state index in [2.05, 4.69) is 37.4 Å². The summed E-state index contributed by atoms with van der Waals surface area (Å²) in [5, 5.41) is 3.36. The maximum atomic E-state index is 5.79. The number of ether oxygens (including phenoxy) is 2. The van der Waals surface area contributed by atoms with E-state index in [1.54, 1.807) is 0 Å². The van der Waals surface area contributed by atoms with Crippen LogP contribution in [0.3, 0.4) is 0 Å². The topological polar surface area (TPSA) is 30.5 Å². The number of benzene rings is 1. The van der Waals surface area contributed by atoms with Gasteiger partial charge in [-0.1, -0.05) is 23.8 Å². The van der Waals surface area contributed by atoms with Crippen molar-refractivity contribution in [3.63, 3.8) is 0 Å². The predicted molar refractivity (Wildman–Crippen MR) is 73.0 cm³/mol. The van der Waals surface area contributed by atoms with E-state index < -0.39 is 0 Å². The van der Waals surface area contributed by atoms with Crippen molar-refractivity contribution in [1.82, 2.24) is 5.32 Å². The molecule has 3 heteroatoms. The molecular formula is C15H23NO2. The van der Waals surface area contributed by atoms with E-state index in [1.165, 1.54) is 16.7 Å². The van der Waals surface area contributed by atoms with Gasteiger partial charge in [-0.25, -0.2) is 0 Å². The molecule has 1 aromatic carbocycles. The smallest absolute Gasteiger partial charge is 0.0965 e. The Bertz CT molecular complexity index is 386. The first-order chi connectivity index (χ1) is 8.70. The lowest BCUT2D eigenvalue weighted by Gasteiger charge is -2.30. The molecule has 2 atom stereocenters. The Hall–Kier alpha value is -0.900. The SMILES string of the molecule is CNC(Cc1cc(C)ccc1C)C1COCCO1. The molecule has 0 aliphatic carbocycles. The second-order valence-corrected chi connectivity index (χ2v) is 5.01. The average molecular weight is 249 g/mol. The molecular weight excluding hydrogens is 226 g/mol. The van der Waals surface area contributed by atoms with E-state index in [-0.39, 0.29) is 6.10 Å². The summed E-state index contributed by atoms with van der Waals surface area (Å²) in [6.07, 6.45) is 1.14. The van der Waals surface area contributed by atoms with Crippen LogP contribution < -0.4 is 5.32 Å². The second kappa shape index (κ2) is 6.32. The van der Waals surface area contributed by atoms with Crippen LogP contribution in [-0.4, -0.2) is 39.0 Å². The van der Waals surface area contributed by atoms with E-state index in [4.69, 9.17) is 9.47 Å². The lowest BCUT2D eigenvalue weighted by Crippen LogP contribution is -2.46. The Morgan fingerprint density at radius 2 is 2.17 bits per heavy atom. The zero-order chi connectivity index (χ0) is 13.0. The van der Waals surface area contributed by atoms with Gasteiger partial charge in [0.05, 0.1) is 25.9 Å². The Morgan fingerprint density at radius 1 is 1.33 bits per heavy atom. The van der Waals surface area contributed by atoms with Gasteiger partial charge in [0.1, 0.15) is 0 Å². The Morgan fingerprint density at radius 3 is 2.83 bits per heavy atom. The highest BCUT2D eigenvalue weighted by molar-refractivity contribution is 5.31. The summed E-state index contributed by atoms with van der Waals surface area (Å²) in [5.74, 6) is 0. The fourth-order valence-electron chi connectivity index (χ4n) is 2.41. The standard InChI is InChI=1S/C15H23NO2/c1-11-4-5-12(2)13(8-11)9-14(16-3)15-10-17-6-7-18-15/h4-5,8,14-16H,6-7,9-10H2,1-3H3. The second-order valence-electron chi connectivity index (χ2n) is 5.01. The fourth-order valence-corrected chi connectivity index (χ4v) is 2.41. The number of hydrogen-bond donors (Lipinski definition) is 1. The van der Waals surface area contributed by atoms with Gasteiger partial charge in [-0.3, -0.25) is 0 Å². The summed E-state index contributed by atoms with van der Waals surface area (Å²) < 4.78 is 11.3. The van der Waals surface area contributed by atoms with Gasteiger partial charge in [0.25, 0.3) is 0 Å². The quantitative estimate of drug-likeness (QED) is 0.883. The summed E-state index contributed by atoms with van der Waals surface area (Å²) in [4.78, 5) is 0. The maximum Gasteiger partial charge on any atom is 0.0965 e.